The van der Waals surface area contributed by atoms with Gasteiger partial charge in [-0.2, -0.15) is 0 Å². The Morgan fingerprint density at radius 1 is 1.32 bits per heavy atom. The number of carbonyl (C=O) groups is 2. The van der Waals surface area contributed by atoms with Crippen LogP contribution in [0.5, 0.6) is 0 Å². The highest BCUT2D eigenvalue weighted by atomic mass is 16.4. The summed E-state index contributed by atoms with van der Waals surface area (Å²) in [5, 5.41) is 9.13. The van der Waals surface area contributed by atoms with Gasteiger partial charge in [-0.3, -0.25) is 9.59 Å². The summed E-state index contributed by atoms with van der Waals surface area (Å²) >= 11 is 0. The van der Waals surface area contributed by atoms with Gasteiger partial charge < -0.3 is 14.6 Å². The number of aromatic nitrogens is 2. The van der Waals surface area contributed by atoms with Gasteiger partial charge in [0.25, 0.3) is 0 Å². The van der Waals surface area contributed by atoms with Crippen LogP contribution in [0.1, 0.15) is 50.0 Å². The molecular weight excluding hydrogens is 282 g/mol. The van der Waals surface area contributed by atoms with Crippen LogP contribution in [0.25, 0.3) is 0 Å². The Hall–Kier alpha value is -1.85. The molecule has 2 unspecified atom stereocenters. The van der Waals surface area contributed by atoms with Crippen molar-refractivity contribution in [1.29, 1.82) is 0 Å². The summed E-state index contributed by atoms with van der Waals surface area (Å²) in [6.45, 7) is 4.11. The van der Waals surface area contributed by atoms with Crippen LogP contribution < -0.4 is 0 Å². The molecule has 1 N–H and O–H groups in total. The molecule has 0 aliphatic carbocycles. The van der Waals surface area contributed by atoms with E-state index in [-0.39, 0.29) is 5.91 Å². The number of imidazole rings is 1. The molecule has 22 heavy (non-hydrogen) atoms. The summed E-state index contributed by atoms with van der Waals surface area (Å²) in [6.07, 6.45) is 5.84. The second-order valence-electron chi connectivity index (χ2n) is 6.50. The normalized spacial score (nSPS) is 24.9. The molecule has 3 heterocycles. The zero-order valence-electron chi connectivity index (χ0n) is 13.0. The monoisotopic (exact) mass is 305 g/mol. The van der Waals surface area contributed by atoms with Gasteiger partial charge in [-0.25, -0.2) is 4.98 Å². The Morgan fingerprint density at radius 2 is 2.09 bits per heavy atom. The van der Waals surface area contributed by atoms with Crippen LogP contribution in [0.2, 0.25) is 0 Å². The fraction of sp³-hybridized carbons (Fsp3) is 0.688. The average molecular weight is 305 g/mol. The SMILES string of the molecule is CC1CCCn2c(CC(=O)N3CCCC(C(=O)O)C3)cnc21. The zero-order chi connectivity index (χ0) is 15.7. The van der Waals surface area contributed by atoms with Crippen molar-refractivity contribution in [3.8, 4) is 0 Å². The van der Waals surface area contributed by atoms with Crippen LogP contribution in [0.15, 0.2) is 6.20 Å². The number of hydrogen-bond donors (Lipinski definition) is 1. The molecule has 1 aromatic heterocycles. The molecule has 6 heteroatoms. The van der Waals surface area contributed by atoms with Crippen LogP contribution in [-0.2, 0) is 22.6 Å². The first-order chi connectivity index (χ1) is 10.6. The highest BCUT2D eigenvalue weighted by Gasteiger charge is 2.29. The highest BCUT2D eigenvalue weighted by molar-refractivity contribution is 5.79. The van der Waals surface area contributed by atoms with Gasteiger partial charge in [0.1, 0.15) is 5.82 Å². The van der Waals surface area contributed by atoms with Crippen molar-refractivity contribution in [3.05, 3.63) is 17.7 Å². The van der Waals surface area contributed by atoms with Gasteiger partial charge in [0.05, 0.1) is 12.3 Å². The molecule has 6 nitrogen and oxygen atoms in total. The predicted molar refractivity (Wildman–Crippen MR) is 80.5 cm³/mol. The Kier molecular flexibility index (Phi) is 4.18. The molecule has 0 radical (unpaired) electrons. The third-order valence-electron chi connectivity index (χ3n) is 4.88. The van der Waals surface area contributed by atoms with Crippen LogP contribution >= 0.6 is 0 Å². The summed E-state index contributed by atoms with van der Waals surface area (Å²) in [5.74, 6) is 0.331. The van der Waals surface area contributed by atoms with E-state index in [1.807, 2.05) is 6.20 Å². The molecule has 0 bridgehead atoms. The molecule has 1 fully saturated rings. The first-order valence-corrected chi connectivity index (χ1v) is 8.11. The number of amides is 1. The summed E-state index contributed by atoms with van der Waals surface area (Å²) in [7, 11) is 0. The third-order valence-corrected chi connectivity index (χ3v) is 4.88. The van der Waals surface area contributed by atoms with Gasteiger partial charge >= 0.3 is 5.97 Å². The van der Waals surface area contributed by atoms with Gasteiger partial charge in [-0.15, -0.1) is 0 Å². The minimum atomic E-state index is -0.798. The summed E-state index contributed by atoms with van der Waals surface area (Å²) in [5.41, 5.74) is 0.962. The number of likely N-dealkylation sites (tertiary alicyclic amines) is 1. The molecule has 0 spiro atoms. The summed E-state index contributed by atoms with van der Waals surface area (Å²) < 4.78 is 2.17. The number of piperidine rings is 1. The predicted octanol–water partition coefficient (Wildman–Crippen LogP) is 1.65. The van der Waals surface area contributed by atoms with E-state index >= 15 is 0 Å². The van der Waals surface area contributed by atoms with Crippen LogP contribution in [0, 0.1) is 5.92 Å². The van der Waals surface area contributed by atoms with Crippen LogP contribution in [0.4, 0.5) is 0 Å². The Bertz CT molecular complexity index is 581. The Morgan fingerprint density at radius 3 is 2.86 bits per heavy atom. The molecule has 0 saturated carbocycles. The van der Waals surface area contributed by atoms with Crippen molar-refractivity contribution >= 4 is 11.9 Å². The van der Waals surface area contributed by atoms with Crippen LogP contribution in [-0.4, -0.2) is 44.5 Å². The van der Waals surface area contributed by atoms with Gasteiger partial charge in [0, 0.05) is 37.4 Å². The number of carboxylic acid groups (broad SMARTS) is 1. The lowest BCUT2D eigenvalue weighted by atomic mass is 9.98. The maximum absolute atomic E-state index is 12.5. The lowest BCUT2D eigenvalue weighted by molar-refractivity contribution is -0.145. The van der Waals surface area contributed by atoms with E-state index < -0.39 is 11.9 Å². The molecule has 2 aliphatic rings. The van der Waals surface area contributed by atoms with Crippen molar-refractivity contribution < 1.29 is 14.7 Å². The quantitative estimate of drug-likeness (QED) is 0.921. The van der Waals surface area contributed by atoms with E-state index in [4.69, 9.17) is 5.11 Å². The largest absolute Gasteiger partial charge is 0.481 e. The summed E-state index contributed by atoms with van der Waals surface area (Å²) in [4.78, 5) is 29.8. The minimum absolute atomic E-state index is 0.0203. The highest BCUT2D eigenvalue weighted by Crippen LogP contribution is 2.27. The average Bonchev–Trinajstić information content (AvgIpc) is 2.92. The molecule has 1 saturated heterocycles. The molecule has 2 aliphatic heterocycles. The van der Waals surface area contributed by atoms with Gasteiger partial charge in [0.2, 0.25) is 5.91 Å². The van der Waals surface area contributed by atoms with E-state index in [1.165, 1.54) is 0 Å². The van der Waals surface area contributed by atoms with Crippen molar-refractivity contribution in [3.63, 3.8) is 0 Å². The van der Waals surface area contributed by atoms with E-state index in [2.05, 4.69) is 16.5 Å². The van der Waals surface area contributed by atoms with E-state index in [0.717, 1.165) is 37.3 Å². The molecular formula is C16H23N3O3. The fourth-order valence-electron chi connectivity index (χ4n) is 3.58. The minimum Gasteiger partial charge on any atom is -0.481 e. The van der Waals surface area contributed by atoms with Crippen molar-refractivity contribution in [2.75, 3.05) is 13.1 Å². The third kappa shape index (κ3) is 2.87. The number of carboxylic acids is 1. The number of rotatable bonds is 3. The smallest absolute Gasteiger partial charge is 0.308 e. The van der Waals surface area contributed by atoms with Gasteiger partial charge in [-0.1, -0.05) is 6.92 Å². The fourth-order valence-corrected chi connectivity index (χ4v) is 3.58. The topological polar surface area (TPSA) is 75.4 Å². The molecule has 120 valence electrons. The summed E-state index contributed by atoms with van der Waals surface area (Å²) in [6, 6.07) is 0. The Balaban J connectivity index is 1.68. The first kappa shape index (κ1) is 15.1. The van der Waals surface area contributed by atoms with Crippen molar-refractivity contribution in [2.45, 2.75) is 51.5 Å². The molecule has 3 rings (SSSR count). The Labute approximate surface area is 130 Å². The number of fused-ring (bicyclic) bond motifs is 1. The van der Waals surface area contributed by atoms with Crippen molar-refractivity contribution in [2.24, 2.45) is 5.92 Å². The number of hydrogen-bond acceptors (Lipinski definition) is 3. The number of nitrogens with zero attached hydrogens (tertiary/aromatic N) is 3. The van der Waals surface area contributed by atoms with Gasteiger partial charge in [0.15, 0.2) is 0 Å². The van der Waals surface area contributed by atoms with Gasteiger partial charge in [-0.05, 0) is 25.7 Å². The van der Waals surface area contributed by atoms with Crippen molar-refractivity contribution in [1.82, 2.24) is 14.5 Å². The lowest BCUT2D eigenvalue weighted by Crippen LogP contribution is -2.43. The number of carbonyl (C=O) groups excluding carboxylic acids is 1. The maximum atomic E-state index is 12.5. The second-order valence-corrected chi connectivity index (χ2v) is 6.50. The van der Waals surface area contributed by atoms with Crippen LogP contribution in [0.3, 0.4) is 0 Å². The molecule has 1 amide bonds. The molecule has 0 aromatic carbocycles. The van der Waals surface area contributed by atoms with E-state index in [1.54, 1.807) is 4.90 Å². The lowest BCUT2D eigenvalue weighted by Gasteiger charge is -2.31. The molecule has 2 atom stereocenters. The number of aliphatic carboxylic acids is 1. The van der Waals surface area contributed by atoms with E-state index in [9.17, 15) is 9.59 Å². The maximum Gasteiger partial charge on any atom is 0.308 e. The molecule has 1 aromatic rings. The first-order valence-electron chi connectivity index (χ1n) is 8.11. The standard InChI is InChI=1S/C16H23N3O3/c1-11-4-2-7-19-13(9-17-15(11)19)8-14(20)18-6-3-5-12(10-18)16(21)22/h9,11-12H,2-8,10H2,1H3,(H,21,22). The van der Waals surface area contributed by atoms with E-state index in [0.29, 0.717) is 31.8 Å². The second kappa shape index (κ2) is 6.10. The zero-order valence-corrected chi connectivity index (χ0v) is 13.0.